The Morgan fingerprint density at radius 1 is 1.22 bits per heavy atom. The lowest BCUT2D eigenvalue weighted by molar-refractivity contribution is 0.250. The lowest BCUT2D eigenvalue weighted by atomic mass is 9.84. The van der Waals surface area contributed by atoms with E-state index in [-0.39, 0.29) is 0 Å². The van der Waals surface area contributed by atoms with Crippen LogP contribution in [0.25, 0.3) is 0 Å². The van der Waals surface area contributed by atoms with E-state index in [9.17, 15) is 0 Å². The Hall–Kier alpha value is -0.900. The van der Waals surface area contributed by atoms with Crippen LogP contribution in [-0.4, -0.2) is 20.8 Å². The SMILES string of the molecule is CCC1CCC(n2ncnc2CNC2CC2)CC1. The summed E-state index contributed by atoms with van der Waals surface area (Å²) < 4.78 is 2.18. The molecule has 1 aromatic heterocycles. The van der Waals surface area contributed by atoms with Gasteiger partial charge >= 0.3 is 0 Å². The van der Waals surface area contributed by atoms with Gasteiger partial charge in [-0.05, 0) is 44.4 Å². The molecule has 18 heavy (non-hydrogen) atoms. The van der Waals surface area contributed by atoms with Gasteiger partial charge in [-0.1, -0.05) is 13.3 Å². The first-order valence-electron chi connectivity index (χ1n) is 7.48. The molecule has 2 fully saturated rings. The molecule has 0 amide bonds. The summed E-state index contributed by atoms with van der Waals surface area (Å²) in [6.07, 6.45) is 11.0. The van der Waals surface area contributed by atoms with Crippen molar-refractivity contribution in [3.63, 3.8) is 0 Å². The standard InChI is InChI=1S/C14H24N4/c1-2-11-3-7-13(8-4-11)18-14(16-10-17-18)9-15-12-5-6-12/h10-13,15H,2-9H2,1H3. The second-order valence-electron chi connectivity index (χ2n) is 5.86. The molecular formula is C14H24N4. The van der Waals surface area contributed by atoms with Crippen LogP contribution in [0.3, 0.4) is 0 Å². The molecule has 2 aliphatic carbocycles. The molecule has 0 saturated heterocycles. The largest absolute Gasteiger partial charge is 0.307 e. The van der Waals surface area contributed by atoms with Crippen LogP contribution >= 0.6 is 0 Å². The van der Waals surface area contributed by atoms with Crippen LogP contribution < -0.4 is 5.32 Å². The van der Waals surface area contributed by atoms with Gasteiger partial charge in [-0.2, -0.15) is 5.10 Å². The van der Waals surface area contributed by atoms with E-state index in [1.807, 2.05) is 0 Å². The molecule has 1 aromatic rings. The van der Waals surface area contributed by atoms with Crippen LogP contribution in [0.4, 0.5) is 0 Å². The summed E-state index contributed by atoms with van der Waals surface area (Å²) in [6, 6.07) is 1.33. The monoisotopic (exact) mass is 248 g/mol. The van der Waals surface area contributed by atoms with E-state index >= 15 is 0 Å². The van der Waals surface area contributed by atoms with Crippen molar-refractivity contribution in [2.75, 3.05) is 0 Å². The van der Waals surface area contributed by atoms with Gasteiger partial charge in [-0.15, -0.1) is 0 Å². The van der Waals surface area contributed by atoms with Crippen molar-refractivity contribution in [1.82, 2.24) is 20.1 Å². The lowest BCUT2D eigenvalue weighted by Crippen LogP contribution is -2.24. The zero-order valence-corrected chi connectivity index (χ0v) is 11.3. The number of nitrogens with zero attached hydrogens (tertiary/aromatic N) is 3. The number of nitrogens with one attached hydrogen (secondary N) is 1. The predicted octanol–water partition coefficient (Wildman–Crippen LogP) is 2.67. The first-order chi connectivity index (χ1) is 8.86. The van der Waals surface area contributed by atoms with E-state index < -0.39 is 0 Å². The molecule has 2 saturated carbocycles. The van der Waals surface area contributed by atoms with Gasteiger partial charge in [0, 0.05) is 6.04 Å². The highest BCUT2D eigenvalue weighted by Gasteiger charge is 2.25. The van der Waals surface area contributed by atoms with Crippen molar-refractivity contribution in [2.45, 2.75) is 70.5 Å². The van der Waals surface area contributed by atoms with Crippen molar-refractivity contribution in [1.29, 1.82) is 0 Å². The fourth-order valence-corrected chi connectivity index (χ4v) is 3.03. The van der Waals surface area contributed by atoms with Crippen molar-refractivity contribution < 1.29 is 0 Å². The third kappa shape index (κ3) is 2.74. The molecule has 4 heteroatoms. The number of aromatic nitrogens is 3. The third-order valence-electron chi connectivity index (χ3n) is 4.51. The number of hydrogen-bond donors (Lipinski definition) is 1. The minimum absolute atomic E-state index is 0.589. The topological polar surface area (TPSA) is 42.7 Å². The Kier molecular flexibility index (Phi) is 3.64. The highest BCUT2D eigenvalue weighted by atomic mass is 15.4. The van der Waals surface area contributed by atoms with Crippen LogP contribution in [0.2, 0.25) is 0 Å². The van der Waals surface area contributed by atoms with Crippen LogP contribution in [0.1, 0.15) is 63.7 Å². The normalized spacial score (nSPS) is 28.5. The summed E-state index contributed by atoms with van der Waals surface area (Å²) in [5.74, 6) is 2.07. The zero-order chi connectivity index (χ0) is 12.4. The molecule has 1 N–H and O–H groups in total. The van der Waals surface area contributed by atoms with Gasteiger partial charge < -0.3 is 5.32 Å². The maximum absolute atomic E-state index is 4.45. The third-order valence-corrected chi connectivity index (χ3v) is 4.51. The summed E-state index contributed by atoms with van der Waals surface area (Å²) in [6.45, 7) is 3.20. The molecule has 4 nitrogen and oxygen atoms in total. The molecule has 0 unspecified atom stereocenters. The highest BCUT2D eigenvalue weighted by molar-refractivity contribution is 4.92. The Balaban J connectivity index is 1.59. The Bertz CT molecular complexity index is 375. The molecule has 0 aliphatic heterocycles. The maximum atomic E-state index is 4.45. The van der Waals surface area contributed by atoms with E-state index in [0.717, 1.165) is 24.3 Å². The van der Waals surface area contributed by atoms with Gasteiger partial charge in [0.25, 0.3) is 0 Å². The van der Waals surface area contributed by atoms with E-state index in [4.69, 9.17) is 0 Å². The first-order valence-corrected chi connectivity index (χ1v) is 7.48. The zero-order valence-electron chi connectivity index (χ0n) is 11.3. The average molecular weight is 248 g/mol. The number of rotatable bonds is 5. The van der Waals surface area contributed by atoms with Gasteiger partial charge in [0.1, 0.15) is 12.2 Å². The van der Waals surface area contributed by atoms with Gasteiger partial charge in [-0.3, -0.25) is 0 Å². The molecule has 2 aliphatic rings. The van der Waals surface area contributed by atoms with Gasteiger partial charge in [0.15, 0.2) is 0 Å². The predicted molar refractivity (Wildman–Crippen MR) is 71.2 cm³/mol. The molecule has 0 bridgehead atoms. The molecule has 0 spiro atoms. The van der Waals surface area contributed by atoms with Gasteiger partial charge in [0.05, 0.1) is 12.6 Å². The Morgan fingerprint density at radius 3 is 2.67 bits per heavy atom. The minimum atomic E-state index is 0.589. The summed E-state index contributed by atoms with van der Waals surface area (Å²) in [7, 11) is 0. The van der Waals surface area contributed by atoms with Crippen LogP contribution in [-0.2, 0) is 6.54 Å². The summed E-state index contributed by atoms with van der Waals surface area (Å²) >= 11 is 0. The fourth-order valence-electron chi connectivity index (χ4n) is 3.03. The average Bonchev–Trinajstić information content (AvgIpc) is 3.14. The van der Waals surface area contributed by atoms with Crippen LogP contribution in [0.15, 0.2) is 6.33 Å². The van der Waals surface area contributed by atoms with Crippen molar-refractivity contribution in [3.8, 4) is 0 Å². The molecule has 100 valence electrons. The first kappa shape index (κ1) is 12.2. The summed E-state index contributed by atoms with van der Waals surface area (Å²) in [5, 5.41) is 7.99. The lowest BCUT2D eigenvalue weighted by Gasteiger charge is -2.28. The fraction of sp³-hybridized carbons (Fsp3) is 0.857. The molecule has 0 atom stereocenters. The summed E-state index contributed by atoms with van der Waals surface area (Å²) in [5.41, 5.74) is 0. The highest BCUT2D eigenvalue weighted by Crippen LogP contribution is 2.33. The van der Waals surface area contributed by atoms with E-state index in [2.05, 4.69) is 27.0 Å². The Labute approximate surface area is 109 Å². The van der Waals surface area contributed by atoms with Crippen molar-refractivity contribution >= 4 is 0 Å². The smallest absolute Gasteiger partial charge is 0.141 e. The Morgan fingerprint density at radius 2 is 2.00 bits per heavy atom. The van der Waals surface area contributed by atoms with E-state index in [1.165, 1.54) is 44.9 Å². The number of hydrogen-bond acceptors (Lipinski definition) is 3. The minimum Gasteiger partial charge on any atom is -0.307 e. The van der Waals surface area contributed by atoms with Gasteiger partial charge in [-0.25, -0.2) is 9.67 Å². The van der Waals surface area contributed by atoms with E-state index in [1.54, 1.807) is 6.33 Å². The second kappa shape index (κ2) is 5.39. The molecule has 0 radical (unpaired) electrons. The van der Waals surface area contributed by atoms with E-state index in [0.29, 0.717) is 6.04 Å². The van der Waals surface area contributed by atoms with Crippen LogP contribution in [0, 0.1) is 5.92 Å². The maximum Gasteiger partial charge on any atom is 0.141 e. The molecular weight excluding hydrogens is 224 g/mol. The second-order valence-corrected chi connectivity index (χ2v) is 5.86. The molecule has 0 aromatic carbocycles. The van der Waals surface area contributed by atoms with Gasteiger partial charge in [0.2, 0.25) is 0 Å². The molecule has 1 heterocycles. The molecule has 3 rings (SSSR count). The van der Waals surface area contributed by atoms with Crippen molar-refractivity contribution in [3.05, 3.63) is 12.2 Å². The quantitative estimate of drug-likeness (QED) is 0.871. The summed E-state index contributed by atoms with van der Waals surface area (Å²) in [4.78, 5) is 4.42. The van der Waals surface area contributed by atoms with Crippen molar-refractivity contribution in [2.24, 2.45) is 5.92 Å². The van der Waals surface area contributed by atoms with Crippen LogP contribution in [0.5, 0.6) is 0 Å².